The van der Waals surface area contributed by atoms with Crippen LogP contribution in [0.3, 0.4) is 0 Å². The number of carbonyl (C=O) groups excluding carboxylic acids is 1. The van der Waals surface area contributed by atoms with Crippen molar-refractivity contribution >= 4 is 34.1 Å². The summed E-state index contributed by atoms with van der Waals surface area (Å²) in [4.78, 5) is 24.7. The third kappa shape index (κ3) is 3.57. The molecule has 0 spiro atoms. The molecule has 0 saturated heterocycles. The Morgan fingerprint density at radius 2 is 1.75 bits per heavy atom. The second-order valence-corrected chi connectivity index (χ2v) is 5.89. The van der Waals surface area contributed by atoms with Crippen LogP contribution >= 0.6 is 0 Å². The molecule has 0 unspecified atom stereocenters. The number of para-hydroxylation sites is 4. The summed E-state index contributed by atoms with van der Waals surface area (Å²) in [5.74, 6) is -0.716. The lowest BCUT2D eigenvalue weighted by molar-refractivity contribution is -0.139. The van der Waals surface area contributed by atoms with E-state index in [-0.39, 0.29) is 17.9 Å². The van der Waals surface area contributed by atoms with Gasteiger partial charge in [-0.3, -0.25) is 9.55 Å². The Morgan fingerprint density at radius 1 is 1.04 bits per heavy atom. The highest BCUT2D eigenvalue weighted by Crippen LogP contribution is 2.23. The van der Waals surface area contributed by atoms with Crippen molar-refractivity contribution in [2.45, 2.75) is 13.2 Å². The number of alkyl halides is 2. The number of esters is 1. The van der Waals surface area contributed by atoms with Gasteiger partial charge in [-0.1, -0.05) is 24.3 Å². The van der Waals surface area contributed by atoms with Gasteiger partial charge in [-0.2, -0.15) is 8.78 Å². The van der Waals surface area contributed by atoms with Gasteiger partial charge < -0.3 is 4.74 Å². The summed E-state index contributed by atoms with van der Waals surface area (Å²) < 4.78 is 32.5. The van der Waals surface area contributed by atoms with Gasteiger partial charge in [0, 0.05) is 6.08 Å². The zero-order valence-electron chi connectivity index (χ0n) is 14.5. The van der Waals surface area contributed by atoms with Crippen LogP contribution in [0.15, 0.2) is 60.8 Å². The van der Waals surface area contributed by atoms with Crippen LogP contribution in [0, 0.1) is 0 Å². The topological polar surface area (TPSA) is 69.9 Å². The van der Waals surface area contributed by atoms with E-state index in [1.165, 1.54) is 24.4 Å². The molecule has 4 rings (SSSR count). The molecule has 2 heterocycles. The molecule has 4 aromatic rings. The average molecular weight is 380 g/mol. The molecule has 2 aromatic heterocycles. The fourth-order valence-electron chi connectivity index (χ4n) is 2.80. The maximum atomic E-state index is 13.4. The molecule has 8 heteroatoms. The summed E-state index contributed by atoms with van der Waals surface area (Å²) in [6.07, 6.45) is 4.16. The Bertz CT molecular complexity index is 1190. The van der Waals surface area contributed by atoms with Crippen molar-refractivity contribution in [3.8, 4) is 0 Å². The zero-order chi connectivity index (χ0) is 19.5. The smallest absolute Gasteiger partial charge is 0.331 e. The lowest BCUT2D eigenvalue weighted by Gasteiger charge is -2.07. The first-order valence-electron chi connectivity index (χ1n) is 8.42. The van der Waals surface area contributed by atoms with Crippen molar-refractivity contribution in [2.24, 2.45) is 0 Å². The molecule has 0 saturated carbocycles. The van der Waals surface area contributed by atoms with E-state index in [1.807, 2.05) is 24.3 Å². The van der Waals surface area contributed by atoms with Gasteiger partial charge in [0.15, 0.2) is 5.82 Å². The molecule has 6 nitrogen and oxygen atoms in total. The molecule has 0 fully saturated rings. The maximum Gasteiger partial charge on any atom is 0.331 e. The number of imidazole rings is 1. The third-order valence-corrected chi connectivity index (χ3v) is 4.06. The number of nitrogens with zero attached hydrogens (tertiary/aromatic N) is 4. The first kappa shape index (κ1) is 17.7. The highest BCUT2D eigenvalue weighted by Gasteiger charge is 2.18. The second kappa shape index (κ2) is 7.51. The fourth-order valence-corrected chi connectivity index (χ4v) is 2.80. The van der Waals surface area contributed by atoms with Crippen molar-refractivity contribution in [3.05, 3.63) is 72.3 Å². The molecular formula is C20H14F2N4O2. The standard InChI is InChI=1S/C20H14F2N4O2/c21-20(22)26-17-8-4-3-7-16(17)25-18(26)12-28-19(27)10-9-13-11-23-14-5-1-2-6-15(14)24-13/h1-11,20H,12H2/b10-9+. The Morgan fingerprint density at radius 3 is 2.54 bits per heavy atom. The van der Waals surface area contributed by atoms with E-state index >= 15 is 0 Å². The van der Waals surface area contributed by atoms with E-state index < -0.39 is 12.5 Å². The normalized spacial score (nSPS) is 11.7. The maximum absolute atomic E-state index is 13.4. The van der Waals surface area contributed by atoms with E-state index in [4.69, 9.17) is 4.74 Å². The Kier molecular flexibility index (Phi) is 4.76. The third-order valence-electron chi connectivity index (χ3n) is 4.06. The molecule has 0 aliphatic rings. The molecule has 0 atom stereocenters. The van der Waals surface area contributed by atoms with Gasteiger partial charge in [-0.05, 0) is 30.3 Å². The summed E-state index contributed by atoms with van der Waals surface area (Å²) >= 11 is 0. The van der Waals surface area contributed by atoms with Crippen LogP contribution in [0.25, 0.3) is 28.1 Å². The number of hydrogen-bond donors (Lipinski definition) is 0. The highest BCUT2D eigenvalue weighted by atomic mass is 19.3. The fraction of sp³-hybridized carbons (Fsp3) is 0.100. The van der Waals surface area contributed by atoms with Gasteiger partial charge >= 0.3 is 12.5 Å². The molecule has 2 aromatic carbocycles. The van der Waals surface area contributed by atoms with E-state index in [2.05, 4.69) is 15.0 Å². The second-order valence-electron chi connectivity index (χ2n) is 5.89. The van der Waals surface area contributed by atoms with E-state index in [0.717, 1.165) is 10.1 Å². The number of fused-ring (bicyclic) bond motifs is 2. The molecule has 140 valence electrons. The Labute approximate surface area is 158 Å². The molecule has 0 amide bonds. The summed E-state index contributed by atoms with van der Waals surface area (Å²) in [7, 11) is 0. The molecule has 0 radical (unpaired) electrons. The zero-order valence-corrected chi connectivity index (χ0v) is 14.5. The lowest BCUT2D eigenvalue weighted by atomic mass is 10.3. The predicted molar refractivity (Wildman–Crippen MR) is 99.4 cm³/mol. The quantitative estimate of drug-likeness (QED) is 0.385. The largest absolute Gasteiger partial charge is 0.454 e. The summed E-state index contributed by atoms with van der Waals surface area (Å²) in [5.41, 5.74) is 2.62. The molecule has 0 aliphatic carbocycles. The lowest BCUT2D eigenvalue weighted by Crippen LogP contribution is -2.09. The van der Waals surface area contributed by atoms with Crippen LogP contribution in [0.2, 0.25) is 0 Å². The number of rotatable bonds is 5. The number of halogens is 2. The number of hydrogen-bond acceptors (Lipinski definition) is 5. The number of carbonyl (C=O) groups is 1. The molecular weight excluding hydrogens is 366 g/mol. The van der Waals surface area contributed by atoms with Crippen LogP contribution < -0.4 is 0 Å². The van der Waals surface area contributed by atoms with Gasteiger partial charge in [-0.15, -0.1) is 0 Å². The SMILES string of the molecule is O=C(/C=C/c1cnc2ccccc2n1)OCc1nc2ccccc2n1C(F)F. The summed E-state index contributed by atoms with van der Waals surface area (Å²) in [5, 5.41) is 0. The van der Waals surface area contributed by atoms with E-state index in [9.17, 15) is 13.6 Å². The van der Waals surface area contributed by atoms with Crippen LogP contribution in [0.5, 0.6) is 0 Å². The van der Waals surface area contributed by atoms with Crippen LogP contribution in [-0.2, 0) is 16.1 Å². The molecule has 0 bridgehead atoms. The first-order valence-corrected chi connectivity index (χ1v) is 8.42. The van der Waals surface area contributed by atoms with E-state index in [0.29, 0.717) is 16.7 Å². The van der Waals surface area contributed by atoms with Crippen molar-refractivity contribution in [2.75, 3.05) is 0 Å². The Balaban J connectivity index is 1.47. The number of ether oxygens (including phenoxy) is 1. The van der Waals surface area contributed by atoms with Crippen molar-refractivity contribution < 1.29 is 18.3 Å². The molecule has 28 heavy (non-hydrogen) atoms. The van der Waals surface area contributed by atoms with Crippen LogP contribution in [0.1, 0.15) is 18.1 Å². The van der Waals surface area contributed by atoms with Gasteiger partial charge in [0.25, 0.3) is 0 Å². The molecule has 0 N–H and O–H groups in total. The number of aromatic nitrogens is 4. The summed E-state index contributed by atoms with van der Waals surface area (Å²) in [6.45, 7) is -3.16. The minimum absolute atomic E-state index is 0.0246. The predicted octanol–water partition coefficient (Wildman–Crippen LogP) is 4.13. The monoisotopic (exact) mass is 380 g/mol. The first-order chi connectivity index (χ1) is 13.6. The van der Waals surface area contributed by atoms with Crippen molar-refractivity contribution in [1.29, 1.82) is 0 Å². The van der Waals surface area contributed by atoms with Gasteiger partial charge in [0.2, 0.25) is 0 Å². The van der Waals surface area contributed by atoms with Crippen LogP contribution in [-0.4, -0.2) is 25.5 Å². The minimum atomic E-state index is -2.79. The Hall–Kier alpha value is -3.68. The van der Waals surface area contributed by atoms with Crippen molar-refractivity contribution in [3.63, 3.8) is 0 Å². The van der Waals surface area contributed by atoms with Crippen LogP contribution in [0.4, 0.5) is 8.78 Å². The van der Waals surface area contributed by atoms with E-state index in [1.54, 1.807) is 18.2 Å². The number of benzene rings is 2. The minimum Gasteiger partial charge on any atom is -0.454 e. The molecule has 0 aliphatic heterocycles. The van der Waals surface area contributed by atoms with Gasteiger partial charge in [-0.25, -0.2) is 14.8 Å². The van der Waals surface area contributed by atoms with Gasteiger partial charge in [0.1, 0.15) is 6.61 Å². The highest BCUT2D eigenvalue weighted by molar-refractivity contribution is 5.87. The summed E-state index contributed by atoms with van der Waals surface area (Å²) in [6, 6.07) is 13.9. The van der Waals surface area contributed by atoms with Crippen molar-refractivity contribution in [1.82, 2.24) is 19.5 Å². The average Bonchev–Trinajstić information content (AvgIpc) is 3.09. The van der Waals surface area contributed by atoms with Gasteiger partial charge in [0.05, 0.1) is 34.0 Å².